The fourth-order valence-corrected chi connectivity index (χ4v) is 5.15. The van der Waals surface area contributed by atoms with Gasteiger partial charge in [-0.25, -0.2) is 9.97 Å². The lowest BCUT2D eigenvalue weighted by molar-refractivity contribution is 0.254. The maximum absolute atomic E-state index is 6.13. The van der Waals surface area contributed by atoms with Gasteiger partial charge in [-0.1, -0.05) is 30.3 Å². The van der Waals surface area contributed by atoms with Gasteiger partial charge in [0.2, 0.25) is 0 Å². The lowest BCUT2D eigenvalue weighted by atomic mass is 10.0. The molecule has 1 saturated heterocycles. The number of benzene rings is 2. The standard InChI is InChI=1S/C29H36N4O2/c1-34-26-12-11-23(20-27(26)35-19-7-17-32-15-4-5-16-32)21-28-30-14-13-29(31-28)33-18-6-10-24-8-2-3-9-25(24)22-33/h2-3,8-9,11-14,20H,4-7,10,15-19,21-22H2,1H3. The van der Waals surface area contributed by atoms with Gasteiger partial charge in [0.1, 0.15) is 11.6 Å². The van der Waals surface area contributed by atoms with Crippen molar-refractivity contribution in [3.05, 3.63) is 77.2 Å². The van der Waals surface area contributed by atoms with Gasteiger partial charge < -0.3 is 19.3 Å². The van der Waals surface area contributed by atoms with Crippen LogP contribution in [-0.4, -0.2) is 54.8 Å². The normalized spacial score (nSPS) is 16.1. The molecule has 0 atom stereocenters. The van der Waals surface area contributed by atoms with Gasteiger partial charge in [-0.2, -0.15) is 0 Å². The van der Waals surface area contributed by atoms with Crippen LogP contribution in [0.5, 0.6) is 11.5 Å². The second kappa shape index (κ2) is 11.5. The molecule has 0 saturated carbocycles. The van der Waals surface area contributed by atoms with Crippen LogP contribution in [0.2, 0.25) is 0 Å². The number of methoxy groups -OCH3 is 1. The van der Waals surface area contributed by atoms with Crippen LogP contribution in [0.25, 0.3) is 0 Å². The number of ether oxygens (including phenoxy) is 2. The minimum absolute atomic E-state index is 0.659. The van der Waals surface area contributed by atoms with Crippen molar-refractivity contribution in [2.75, 3.05) is 44.8 Å². The van der Waals surface area contributed by atoms with Crippen LogP contribution in [0.3, 0.4) is 0 Å². The monoisotopic (exact) mass is 472 g/mol. The van der Waals surface area contributed by atoms with E-state index in [0.29, 0.717) is 13.0 Å². The molecule has 0 unspecified atom stereocenters. The van der Waals surface area contributed by atoms with E-state index in [4.69, 9.17) is 14.5 Å². The molecule has 0 spiro atoms. The van der Waals surface area contributed by atoms with E-state index in [1.165, 1.54) is 37.1 Å². The molecule has 6 nitrogen and oxygen atoms in total. The van der Waals surface area contributed by atoms with E-state index >= 15 is 0 Å². The molecule has 0 amide bonds. The second-order valence-corrected chi connectivity index (χ2v) is 9.54. The average molecular weight is 473 g/mol. The summed E-state index contributed by atoms with van der Waals surface area (Å²) >= 11 is 0. The molecular formula is C29H36N4O2. The van der Waals surface area contributed by atoms with Gasteiger partial charge in [-0.15, -0.1) is 0 Å². The van der Waals surface area contributed by atoms with E-state index in [1.54, 1.807) is 7.11 Å². The Balaban J connectivity index is 1.24. The first kappa shape index (κ1) is 23.6. The number of aromatic nitrogens is 2. The van der Waals surface area contributed by atoms with Gasteiger partial charge >= 0.3 is 0 Å². The Labute approximate surface area is 208 Å². The zero-order valence-electron chi connectivity index (χ0n) is 20.8. The third kappa shape index (κ3) is 6.12. The molecule has 3 aromatic rings. The molecule has 2 aromatic carbocycles. The van der Waals surface area contributed by atoms with Crippen LogP contribution in [0.1, 0.15) is 48.2 Å². The average Bonchev–Trinajstić information content (AvgIpc) is 3.31. The highest BCUT2D eigenvalue weighted by atomic mass is 16.5. The van der Waals surface area contributed by atoms with Crippen molar-refractivity contribution >= 4 is 5.82 Å². The number of hydrogen-bond acceptors (Lipinski definition) is 6. The fraction of sp³-hybridized carbons (Fsp3) is 0.448. The van der Waals surface area contributed by atoms with Gasteiger partial charge in [-0.3, -0.25) is 0 Å². The third-order valence-corrected chi connectivity index (χ3v) is 7.03. The lowest BCUT2D eigenvalue weighted by Gasteiger charge is -2.22. The molecule has 5 rings (SSSR count). The van der Waals surface area contributed by atoms with E-state index in [0.717, 1.165) is 67.6 Å². The maximum Gasteiger partial charge on any atom is 0.161 e. The molecule has 2 aliphatic heterocycles. The first-order valence-corrected chi connectivity index (χ1v) is 12.9. The van der Waals surface area contributed by atoms with Crippen LogP contribution in [0, 0.1) is 0 Å². The van der Waals surface area contributed by atoms with Crippen molar-refractivity contribution in [1.29, 1.82) is 0 Å². The summed E-state index contributed by atoms with van der Waals surface area (Å²) in [4.78, 5) is 14.4. The predicted octanol–water partition coefficient (Wildman–Crippen LogP) is 4.89. The Morgan fingerprint density at radius 3 is 2.63 bits per heavy atom. The molecule has 0 radical (unpaired) electrons. The zero-order valence-corrected chi connectivity index (χ0v) is 20.8. The topological polar surface area (TPSA) is 50.7 Å². The van der Waals surface area contributed by atoms with Crippen molar-refractivity contribution in [2.45, 2.75) is 45.1 Å². The highest BCUT2D eigenvalue weighted by Gasteiger charge is 2.16. The molecule has 0 N–H and O–H groups in total. The number of anilines is 1. The molecule has 0 bridgehead atoms. The van der Waals surface area contributed by atoms with Crippen molar-refractivity contribution in [2.24, 2.45) is 0 Å². The first-order chi connectivity index (χ1) is 17.3. The summed E-state index contributed by atoms with van der Waals surface area (Å²) in [6.07, 6.45) is 8.47. The first-order valence-electron chi connectivity index (χ1n) is 12.9. The van der Waals surface area contributed by atoms with E-state index in [9.17, 15) is 0 Å². The molecular weight excluding hydrogens is 436 g/mol. The predicted molar refractivity (Wildman–Crippen MR) is 139 cm³/mol. The summed E-state index contributed by atoms with van der Waals surface area (Å²) in [7, 11) is 1.69. The molecule has 35 heavy (non-hydrogen) atoms. The van der Waals surface area contributed by atoms with Gasteiger partial charge in [0.05, 0.1) is 13.7 Å². The minimum atomic E-state index is 0.659. The van der Waals surface area contributed by atoms with Crippen LogP contribution in [-0.2, 0) is 19.4 Å². The Bertz CT molecular complexity index is 1110. The molecule has 3 heterocycles. The molecule has 6 heteroatoms. The van der Waals surface area contributed by atoms with Crippen molar-refractivity contribution in [3.63, 3.8) is 0 Å². The summed E-state index contributed by atoms with van der Waals surface area (Å²) in [6, 6.07) is 16.9. The highest BCUT2D eigenvalue weighted by molar-refractivity contribution is 5.45. The molecule has 2 aliphatic rings. The number of hydrogen-bond donors (Lipinski definition) is 0. The summed E-state index contributed by atoms with van der Waals surface area (Å²) in [5.41, 5.74) is 3.97. The number of fused-ring (bicyclic) bond motifs is 1. The van der Waals surface area contributed by atoms with E-state index in [2.05, 4.69) is 51.2 Å². The molecule has 1 aromatic heterocycles. The minimum Gasteiger partial charge on any atom is -0.493 e. The summed E-state index contributed by atoms with van der Waals surface area (Å²) in [6.45, 7) is 6.14. The van der Waals surface area contributed by atoms with Gasteiger partial charge in [-0.05, 0) is 80.1 Å². The van der Waals surface area contributed by atoms with Gasteiger partial charge in [0.15, 0.2) is 11.5 Å². The SMILES string of the molecule is COc1ccc(Cc2nccc(N3CCCc4ccccc4C3)n2)cc1OCCCN1CCCC1. The van der Waals surface area contributed by atoms with Crippen LogP contribution in [0.4, 0.5) is 5.82 Å². The largest absolute Gasteiger partial charge is 0.493 e. The highest BCUT2D eigenvalue weighted by Crippen LogP contribution is 2.29. The Morgan fingerprint density at radius 2 is 1.77 bits per heavy atom. The summed E-state index contributed by atoms with van der Waals surface area (Å²) < 4.78 is 11.7. The van der Waals surface area contributed by atoms with Crippen LogP contribution in [0.15, 0.2) is 54.7 Å². The maximum atomic E-state index is 6.13. The van der Waals surface area contributed by atoms with Gasteiger partial charge in [0, 0.05) is 32.3 Å². The molecule has 184 valence electrons. The van der Waals surface area contributed by atoms with Crippen LogP contribution >= 0.6 is 0 Å². The zero-order chi connectivity index (χ0) is 23.9. The third-order valence-electron chi connectivity index (χ3n) is 7.03. The second-order valence-electron chi connectivity index (χ2n) is 9.54. The molecule has 1 fully saturated rings. The van der Waals surface area contributed by atoms with Gasteiger partial charge in [0.25, 0.3) is 0 Å². The van der Waals surface area contributed by atoms with E-state index in [1.807, 2.05) is 18.3 Å². The Kier molecular flexibility index (Phi) is 7.79. The number of rotatable bonds is 9. The lowest BCUT2D eigenvalue weighted by Crippen LogP contribution is -2.24. The smallest absolute Gasteiger partial charge is 0.161 e. The Hall–Kier alpha value is -3.12. The number of nitrogens with zero attached hydrogens (tertiary/aromatic N) is 4. The Morgan fingerprint density at radius 1 is 0.914 bits per heavy atom. The van der Waals surface area contributed by atoms with Crippen molar-refractivity contribution in [3.8, 4) is 11.5 Å². The van der Waals surface area contributed by atoms with Crippen LogP contribution < -0.4 is 14.4 Å². The van der Waals surface area contributed by atoms with E-state index < -0.39 is 0 Å². The van der Waals surface area contributed by atoms with Crippen molar-refractivity contribution < 1.29 is 9.47 Å². The number of aryl methyl sites for hydroxylation is 1. The molecule has 0 aliphatic carbocycles. The quantitative estimate of drug-likeness (QED) is 0.413. The summed E-state index contributed by atoms with van der Waals surface area (Å²) in [5.74, 6) is 3.39. The van der Waals surface area contributed by atoms with E-state index in [-0.39, 0.29) is 0 Å². The number of likely N-dealkylation sites (tertiary alicyclic amines) is 1. The fourth-order valence-electron chi connectivity index (χ4n) is 5.15. The van der Waals surface area contributed by atoms with Crippen molar-refractivity contribution in [1.82, 2.24) is 14.9 Å². The summed E-state index contributed by atoms with van der Waals surface area (Å²) in [5, 5.41) is 0.